The van der Waals surface area contributed by atoms with E-state index in [0.717, 1.165) is 38.2 Å². The second-order valence-electron chi connectivity index (χ2n) is 7.14. The number of aromatic nitrogens is 1. The molecule has 2 nitrogen and oxygen atoms in total. The molecule has 0 saturated carbocycles. The highest BCUT2D eigenvalue weighted by Gasteiger charge is 2.30. The first kappa shape index (κ1) is 17.9. The molecule has 4 heteroatoms. The number of rotatable bonds is 4. The quantitative estimate of drug-likeness (QED) is 0.606. The van der Waals surface area contributed by atoms with Crippen molar-refractivity contribution >= 4 is 0 Å². The minimum atomic E-state index is -0.400. The first-order chi connectivity index (χ1) is 13.2. The van der Waals surface area contributed by atoms with E-state index in [1.165, 1.54) is 29.3 Å². The molecule has 0 spiro atoms. The van der Waals surface area contributed by atoms with Gasteiger partial charge in [-0.25, -0.2) is 8.78 Å². The molecule has 1 unspecified atom stereocenters. The summed E-state index contributed by atoms with van der Waals surface area (Å²) in [5.74, 6) is -0.757. The summed E-state index contributed by atoms with van der Waals surface area (Å²) < 4.78 is 30.9. The Hall–Kier alpha value is -2.46. The lowest BCUT2D eigenvalue weighted by Gasteiger charge is -2.31. The molecule has 0 bridgehead atoms. The third-order valence-corrected chi connectivity index (χ3v) is 5.48. The largest absolute Gasteiger partial charge is 0.350 e. The summed E-state index contributed by atoms with van der Waals surface area (Å²) in [5.41, 5.74) is 3.98. The summed E-state index contributed by atoms with van der Waals surface area (Å²) in [6.07, 6.45) is 3.96. The van der Waals surface area contributed by atoms with Gasteiger partial charge in [0.15, 0.2) is 0 Å². The van der Waals surface area contributed by atoms with Crippen molar-refractivity contribution in [1.29, 1.82) is 0 Å². The molecule has 1 atom stereocenters. The Kier molecular flexibility index (Phi) is 5.08. The van der Waals surface area contributed by atoms with E-state index in [2.05, 4.69) is 34.6 Å². The van der Waals surface area contributed by atoms with Crippen LogP contribution in [0.25, 0.3) is 0 Å². The molecule has 2 heterocycles. The van der Waals surface area contributed by atoms with Crippen LogP contribution in [0.3, 0.4) is 0 Å². The zero-order valence-electron chi connectivity index (χ0n) is 15.5. The van der Waals surface area contributed by atoms with Crippen molar-refractivity contribution in [2.45, 2.75) is 38.9 Å². The van der Waals surface area contributed by atoms with E-state index in [-0.39, 0.29) is 11.9 Å². The van der Waals surface area contributed by atoms with Crippen molar-refractivity contribution in [3.8, 4) is 0 Å². The van der Waals surface area contributed by atoms with Crippen LogP contribution in [-0.4, -0.2) is 16.0 Å². The molecule has 1 aliphatic heterocycles. The lowest BCUT2D eigenvalue weighted by atomic mass is 9.98. The first-order valence-corrected chi connectivity index (χ1v) is 9.58. The third kappa shape index (κ3) is 3.54. The molecule has 0 radical (unpaired) electrons. The molecule has 3 aromatic rings. The van der Waals surface area contributed by atoms with Gasteiger partial charge in [-0.3, -0.25) is 4.90 Å². The van der Waals surface area contributed by atoms with Crippen LogP contribution in [0, 0.1) is 11.6 Å². The lowest BCUT2D eigenvalue weighted by Crippen LogP contribution is -2.30. The van der Waals surface area contributed by atoms with Gasteiger partial charge in [-0.05, 0) is 54.3 Å². The zero-order valence-corrected chi connectivity index (χ0v) is 15.5. The van der Waals surface area contributed by atoms with Crippen molar-refractivity contribution in [3.63, 3.8) is 0 Å². The van der Waals surface area contributed by atoms with Gasteiger partial charge in [-0.1, -0.05) is 31.2 Å². The molecule has 0 amide bonds. The van der Waals surface area contributed by atoms with Crippen LogP contribution >= 0.6 is 0 Å². The van der Waals surface area contributed by atoms with Crippen molar-refractivity contribution in [2.24, 2.45) is 0 Å². The number of aryl methyl sites for hydroxylation is 2. The molecule has 1 aliphatic rings. The number of hydrogen-bond acceptors (Lipinski definition) is 1. The van der Waals surface area contributed by atoms with Gasteiger partial charge >= 0.3 is 0 Å². The molecular formula is C23H24F2N2. The Morgan fingerprint density at radius 1 is 0.963 bits per heavy atom. The predicted octanol–water partition coefficient (Wildman–Crippen LogP) is 5.32. The van der Waals surface area contributed by atoms with Crippen LogP contribution in [-0.2, 0) is 19.5 Å². The summed E-state index contributed by atoms with van der Waals surface area (Å²) in [6.45, 7) is 4.59. The van der Waals surface area contributed by atoms with Crippen LogP contribution in [0.5, 0.6) is 0 Å². The second kappa shape index (κ2) is 7.65. The van der Waals surface area contributed by atoms with Gasteiger partial charge < -0.3 is 4.57 Å². The van der Waals surface area contributed by atoms with Crippen molar-refractivity contribution in [3.05, 3.63) is 94.8 Å². The molecule has 140 valence electrons. The average molecular weight is 366 g/mol. The molecule has 27 heavy (non-hydrogen) atoms. The Morgan fingerprint density at radius 3 is 2.59 bits per heavy atom. The Bertz CT molecular complexity index is 932. The maximum absolute atomic E-state index is 14.7. The molecule has 4 rings (SSSR count). The summed E-state index contributed by atoms with van der Waals surface area (Å²) in [6, 6.07) is 15.9. The molecule has 0 fully saturated rings. The van der Waals surface area contributed by atoms with E-state index in [0.29, 0.717) is 5.56 Å². The SMILES string of the molecule is CCc1ccccc1CN1CCCn2cccc2C1c1cc(F)ccc1F. The molecule has 2 aromatic carbocycles. The van der Waals surface area contributed by atoms with E-state index in [1.807, 2.05) is 24.4 Å². The molecular weight excluding hydrogens is 342 g/mol. The summed E-state index contributed by atoms with van der Waals surface area (Å²) in [7, 11) is 0. The van der Waals surface area contributed by atoms with E-state index < -0.39 is 5.82 Å². The van der Waals surface area contributed by atoms with Gasteiger partial charge in [0, 0.05) is 37.1 Å². The summed E-state index contributed by atoms with van der Waals surface area (Å²) >= 11 is 0. The van der Waals surface area contributed by atoms with Crippen LogP contribution in [0.1, 0.15) is 41.8 Å². The maximum atomic E-state index is 14.7. The van der Waals surface area contributed by atoms with Crippen LogP contribution in [0.2, 0.25) is 0 Å². The molecule has 0 N–H and O–H groups in total. The molecule has 0 aliphatic carbocycles. The predicted molar refractivity (Wildman–Crippen MR) is 103 cm³/mol. The number of halogens is 2. The van der Waals surface area contributed by atoms with Gasteiger partial charge in [0.25, 0.3) is 0 Å². The van der Waals surface area contributed by atoms with Crippen molar-refractivity contribution in [2.75, 3.05) is 6.54 Å². The minimum Gasteiger partial charge on any atom is -0.350 e. The Labute approximate surface area is 159 Å². The van der Waals surface area contributed by atoms with Gasteiger partial charge in [-0.15, -0.1) is 0 Å². The first-order valence-electron chi connectivity index (χ1n) is 9.58. The standard InChI is InChI=1S/C23H24F2N2/c1-2-17-7-3-4-8-18(17)16-27-14-6-13-26-12-5-9-22(26)23(27)20-15-19(24)10-11-21(20)25/h3-5,7-12,15,23H,2,6,13-14,16H2,1H3. The number of hydrogen-bond donors (Lipinski definition) is 0. The monoisotopic (exact) mass is 366 g/mol. The number of fused-ring (bicyclic) bond motifs is 1. The second-order valence-corrected chi connectivity index (χ2v) is 7.14. The smallest absolute Gasteiger partial charge is 0.128 e. The highest BCUT2D eigenvalue weighted by molar-refractivity contribution is 5.33. The molecule has 1 aromatic heterocycles. The zero-order chi connectivity index (χ0) is 18.8. The Morgan fingerprint density at radius 2 is 1.78 bits per heavy atom. The number of benzene rings is 2. The van der Waals surface area contributed by atoms with Crippen LogP contribution in [0.4, 0.5) is 8.78 Å². The van der Waals surface area contributed by atoms with Crippen LogP contribution in [0.15, 0.2) is 60.8 Å². The third-order valence-electron chi connectivity index (χ3n) is 5.48. The fourth-order valence-electron chi connectivity index (χ4n) is 4.17. The normalized spacial score (nSPS) is 17.5. The maximum Gasteiger partial charge on any atom is 0.128 e. The minimum absolute atomic E-state index is 0.303. The highest BCUT2D eigenvalue weighted by Crippen LogP contribution is 2.35. The van der Waals surface area contributed by atoms with Gasteiger partial charge in [-0.2, -0.15) is 0 Å². The fourth-order valence-corrected chi connectivity index (χ4v) is 4.17. The van der Waals surface area contributed by atoms with E-state index >= 15 is 0 Å². The highest BCUT2D eigenvalue weighted by atomic mass is 19.1. The lowest BCUT2D eigenvalue weighted by molar-refractivity contribution is 0.215. The summed E-state index contributed by atoms with van der Waals surface area (Å²) in [4.78, 5) is 2.28. The Balaban J connectivity index is 1.80. The van der Waals surface area contributed by atoms with Gasteiger partial charge in [0.05, 0.1) is 6.04 Å². The van der Waals surface area contributed by atoms with E-state index in [1.54, 1.807) is 0 Å². The van der Waals surface area contributed by atoms with E-state index in [4.69, 9.17) is 0 Å². The summed E-state index contributed by atoms with van der Waals surface area (Å²) in [5, 5.41) is 0. The molecule has 0 saturated heterocycles. The average Bonchev–Trinajstić information content (AvgIpc) is 3.06. The van der Waals surface area contributed by atoms with E-state index in [9.17, 15) is 8.78 Å². The van der Waals surface area contributed by atoms with Crippen LogP contribution < -0.4 is 0 Å². The van der Waals surface area contributed by atoms with Crippen molar-refractivity contribution in [1.82, 2.24) is 9.47 Å². The van der Waals surface area contributed by atoms with Gasteiger partial charge in [0.1, 0.15) is 11.6 Å². The topological polar surface area (TPSA) is 8.17 Å². The van der Waals surface area contributed by atoms with Gasteiger partial charge in [0.2, 0.25) is 0 Å². The fraction of sp³-hybridized carbons (Fsp3) is 0.304. The number of nitrogens with zero attached hydrogens (tertiary/aromatic N) is 2. The van der Waals surface area contributed by atoms with Crippen molar-refractivity contribution < 1.29 is 8.78 Å².